The summed E-state index contributed by atoms with van der Waals surface area (Å²) in [5.74, 6) is -0.288. The fourth-order valence-electron chi connectivity index (χ4n) is 11.0. The van der Waals surface area contributed by atoms with E-state index in [1.54, 1.807) is 6.08 Å². The molecule has 1 amide bonds. The molecule has 0 aromatic heterocycles. The molecule has 3 fully saturated rings. The van der Waals surface area contributed by atoms with Crippen molar-refractivity contribution in [3.63, 3.8) is 0 Å². The van der Waals surface area contributed by atoms with Gasteiger partial charge in [0.15, 0.2) is 18.9 Å². The van der Waals surface area contributed by atoms with Crippen molar-refractivity contribution in [1.29, 1.82) is 0 Å². The lowest BCUT2D eigenvalue weighted by molar-refractivity contribution is -0.379. The van der Waals surface area contributed by atoms with Gasteiger partial charge in [0.1, 0.15) is 73.2 Å². The lowest BCUT2D eigenvalue weighted by Crippen LogP contribution is -2.66. The molecule has 0 spiro atoms. The first-order valence-electron chi connectivity index (χ1n) is 32.9. The first-order valence-corrected chi connectivity index (χ1v) is 32.9. The number of amides is 1. The van der Waals surface area contributed by atoms with Crippen LogP contribution in [0.3, 0.4) is 0 Å². The van der Waals surface area contributed by atoms with Crippen molar-refractivity contribution < 1.29 is 89.4 Å². The van der Waals surface area contributed by atoms with Gasteiger partial charge in [-0.1, -0.05) is 210 Å². The highest BCUT2D eigenvalue weighted by Gasteiger charge is 2.53. The Morgan fingerprint density at radius 3 is 1.25 bits per heavy atom. The molecule has 3 saturated heterocycles. The average Bonchev–Trinajstić information content (AvgIpc) is 2.79. The van der Waals surface area contributed by atoms with E-state index in [1.807, 2.05) is 6.08 Å². The summed E-state index contributed by atoms with van der Waals surface area (Å²) >= 11 is 0. The molecule has 0 bridgehead atoms. The van der Waals surface area contributed by atoms with Gasteiger partial charge in [0.05, 0.1) is 38.6 Å². The van der Waals surface area contributed by atoms with Crippen LogP contribution in [0.2, 0.25) is 0 Å². The molecule has 84 heavy (non-hydrogen) atoms. The summed E-state index contributed by atoms with van der Waals surface area (Å²) < 4.78 is 34.3. The van der Waals surface area contributed by atoms with Crippen molar-refractivity contribution in [2.45, 2.75) is 330 Å². The SMILES string of the molecule is CCCCC/C=C\C/C=C\C/C=C\CCCCCCCCC(=O)NC(COC1OC(CO)C(OC2OC(CO)C(OC3OC(CO)C(O)C(O)C3O)C(O)C2O)C(O)C1O)C(O)/C=C/CCCCCCCCCCCCCCCCCCCC. The maximum atomic E-state index is 13.4. The Morgan fingerprint density at radius 1 is 0.429 bits per heavy atom. The molecule has 3 heterocycles. The summed E-state index contributed by atoms with van der Waals surface area (Å²) in [6, 6.07) is -0.981. The fourth-order valence-corrected chi connectivity index (χ4v) is 11.0. The van der Waals surface area contributed by atoms with Crippen molar-refractivity contribution in [3.05, 3.63) is 48.6 Å². The molecular weight excluding hydrogens is 1080 g/mol. The lowest BCUT2D eigenvalue weighted by atomic mass is 9.96. The van der Waals surface area contributed by atoms with Crippen LogP contribution < -0.4 is 5.32 Å². The number of rotatable bonds is 49. The predicted octanol–water partition coefficient (Wildman–Crippen LogP) is 7.43. The molecule has 3 aliphatic heterocycles. The van der Waals surface area contributed by atoms with Gasteiger partial charge in [0.25, 0.3) is 0 Å². The molecule has 3 aliphatic rings. The topological polar surface area (TPSA) is 307 Å². The van der Waals surface area contributed by atoms with Crippen molar-refractivity contribution in [1.82, 2.24) is 5.32 Å². The smallest absolute Gasteiger partial charge is 0.220 e. The van der Waals surface area contributed by atoms with Crippen LogP contribution in [-0.4, -0.2) is 193 Å². The molecule has 19 nitrogen and oxygen atoms in total. The van der Waals surface area contributed by atoms with Gasteiger partial charge >= 0.3 is 0 Å². The monoisotopic (exact) mass is 1200 g/mol. The number of nitrogens with one attached hydrogen (secondary N) is 1. The van der Waals surface area contributed by atoms with Crippen LogP contribution in [0.25, 0.3) is 0 Å². The molecule has 17 atom stereocenters. The highest BCUT2D eigenvalue weighted by Crippen LogP contribution is 2.33. The highest BCUT2D eigenvalue weighted by atomic mass is 16.8. The number of hydrogen-bond donors (Lipinski definition) is 12. The molecule has 0 aromatic rings. The number of unbranched alkanes of at least 4 members (excludes halogenated alkanes) is 27. The van der Waals surface area contributed by atoms with E-state index in [0.717, 1.165) is 83.5 Å². The second kappa shape index (κ2) is 47.7. The quantitative estimate of drug-likeness (QED) is 0.0208. The normalized spacial score (nSPS) is 29.5. The minimum Gasteiger partial charge on any atom is -0.394 e. The Balaban J connectivity index is 1.48. The maximum Gasteiger partial charge on any atom is 0.220 e. The predicted molar refractivity (Wildman–Crippen MR) is 323 cm³/mol. The standard InChI is InChI=1S/C65H117NO18/c1-3-5-7-9-11-13-15-17-19-21-23-25-26-28-30-32-34-36-38-40-42-49(70)48(66-53(71)43-41-39-37-35-33-31-29-27-24-22-20-18-16-14-12-10-8-6-4-2)47-79-63-59(77)56(74)61(51(45-68)81-63)84-65-60(78)57(75)62(52(46-69)82-65)83-64-58(76)55(73)54(72)50(44-67)80-64/h12,14,18,20,24,27,40,42,48-52,54-65,67-70,72-78H,3-11,13,15-17,19,21-23,25-26,28-39,41,43-47H2,1-2H3,(H,66,71)/b14-12-,20-18-,27-24-,42-40+. The van der Waals surface area contributed by atoms with Crippen molar-refractivity contribution in [2.75, 3.05) is 26.4 Å². The zero-order valence-corrected chi connectivity index (χ0v) is 51.4. The van der Waals surface area contributed by atoms with Crippen molar-refractivity contribution in [2.24, 2.45) is 0 Å². The van der Waals surface area contributed by atoms with Gasteiger partial charge in [-0.25, -0.2) is 0 Å². The third-order valence-corrected chi connectivity index (χ3v) is 16.4. The second-order valence-electron chi connectivity index (χ2n) is 23.6. The van der Waals surface area contributed by atoms with Gasteiger partial charge in [-0.15, -0.1) is 0 Å². The largest absolute Gasteiger partial charge is 0.394 e. The van der Waals surface area contributed by atoms with Gasteiger partial charge in [-0.2, -0.15) is 0 Å². The fraction of sp³-hybridized carbons (Fsp3) is 0.862. The van der Waals surface area contributed by atoms with Crippen LogP contribution in [0, 0.1) is 0 Å². The minimum absolute atomic E-state index is 0.228. The zero-order chi connectivity index (χ0) is 61.2. The third kappa shape index (κ3) is 30.3. The number of aliphatic hydroxyl groups excluding tert-OH is 11. The first-order chi connectivity index (χ1) is 40.8. The number of carbonyl (C=O) groups excluding carboxylic acids is 1. The molecule has 0 radical (unpaired) electrons. The van der Waals surface area contributed by atoms with Gasteiger partial charge in [0, 0.05) is 6.42 Å². The first kappa shape index (κ1) is 76.0. The number of aliphatic hydroxyl groups is 11. The number of hydrogen-bond acceptors (Lipinski definition) is 18. The summed E-state index contributed by atoms with van der Waals surface area (Å²) in [4.78, 5) is 13.4. The van der Waals surface area contributed by atoms with Gasteiger partial charge in [-0.3, -0.25) is 4.79 Å². The van der Waals surface area contributed by atoms with E-state index in [1.165, 1.54) is 116 Å². The van der Waals surface area contributed by atoms with Crippen LogP contribution in [-0.2, 0) is 33.2 Å². The van der Waals surface area contributed by atoms with Gasteiger partial charge in [-0.05, 0) is 57.8 Å². The highest BCUT2D eigenvalue weighted by molar-refractivity contribution is 5.76. The van der Waals surface area contributed by atoms with E-state index in [2.05, 4.69) is 55.6 Å². The summed E-state index contributed by atoms with van der Waals surface area (Å²) in [6.45, 7) is 1.70. The molecule has 3 rings (SSSR count). The molecule has 12 N–H and O–H groups in total. The zero-order valence-electron chi connectivity index (χ0n) is 51.4. The molecular formula is C65H117NO18. The van der Waals surface area contributed by atoms with Crippen LogP contribution in [0.15, 0.2) is 48.6 Å². The van der Waals surface area contributed by atoms with E-state index >= 15 is 0 Å². The molecule has 0 saturated carbocycles. The lowest BCUT2D eigenvalue weighted by Gasteiger charge is -2.48. The Morgan fingerprint density at radius 2 is 0.786 bits per heavy atom. The van der Waals surface area contributed by atoms with Crippen LogP contribution >= 0.6 is 0 Å². The van der Waals surface area contributed by atoms with Gasteiger partial charge < -0.3 is 89.9 Å². The Hall–Kier alpha value is -2.25. The van der Waals surface area contributed by atoms with E-state index < -0.39 is 124 Å². The average molecular weight is 1200 g/mol. The molecule has 0 aromatic carbocycles. The molecule has 17 unspecified atom stereocenters. The van der Waals surface area contributed by atoms with Crippen LogP contribution in [0.5, 0.6) is 0 Å². The number of carbonyl (C=O) groups is 1. The van der Waals surface area contributed by atoms with E-state index in [0.29, 0.717) is 6.42 Å². The van der Waals surface area contributed by atoms with Gasteiger partial charge in [0.2, 0.25) is 5.91 Å². The maximum absolute atomic E-state index is 13.4. The van der Waals surface area contributed by atoms with Crippen LogP contribution in [0.4, 0.5) is 0 Å². The Labute approximate surface area is 503 Å². The number of ether oxygens (including phenoxy) is 6. The van der Waals surface area contributed by atoms with Crippen LogP contribution in [0.1, 0.15) is 226 Å². The van der Waals surface area contributed by atoms with E-state index in [-0.39, 0.29) is 18.9 Å². The van der Waals surface area contributed by atoms with Crippen molar-refractivity contribution in [3.8, 4) is 0 Å². The molecule has 0 aliphatic carbocycles. The number of allylic oxidation sites excluding steroid dienone is 7. The second-order valence-corrected chi connectivity index (χ2v) is 23.6. The summed E-state index contributed by atoms with van der Waals surface area (Å²) in [5.41, 5.74) is 0. The van der Waals surface area contributed by atoms with E-state index in [4.69, 9.17) is 28.4 Å². The Bertz CT molecular complexity index is 1720. The third-order valence-electron chi connectivity index (χ3n) is 16.4. The van der Waals surface area contributed by atoms with Crippen molar-refractivity contribution >= 4 is 5.91 Å². The summed E-state index contributed by atoms with van der Waals surface area (Å²) in [7, 11) is 0. The molecule has 19 heteroatoms. The summed E-state index contributed by atoms with van der Waals surface area (Å²) in [6.07, 6.45) is 27.9. The summed E-state index contributed by atoms with van der Waals surface area (Å²) in [5, 5.41) is 120. The molecule has 490 valence electrons. The van der Waals surface area contributed by atoms with E-state index in [9.17, 15) is 61.0 Å². The Kier molecular flexibility index (Phi) is 43.2. The minimum atomic E-state index is -1.98.